The van der Waals surface area contributed by atoms with E-state index in [0.29, 0.717) is 6.54 Å². The number of hydrogen-bond acceptors (Lipinski definition) is 6. The summed E-state index contributed by atoms with van der Waals surface area (Å²) in [5.74, 6) is 5.83. The van der Waals surface area contributed by atoms with Crippen LogP contribution < -0.4 is 9.64 Å². The van der Waals surface area contributed by atoms with Gasteiger partial charge in [-0.05, 0) is 36.6 Å². The van der Waals surface area contributed by atoms with Gasteiger partial charge in [-0.2, -0.15) is 0 Å². The molecule has 1 unspecified atom stereocenters. The van der Waals surface area contributed by atoms with Gasteiger partial charge >= 0.3 is 0 Å². The molecule has 0 amide bonds. The molecule has 6 nitrogen and oxygen atoms in total. The predicted molar refractivity (Wildman–Crippen MR) is 98.9 cm³/mol. The topological polar surface area (TPSA) is 68.2 Å². The fourth-order valence-electron chi connectivity index (χ4n) is 2.72. The van der Waals surface area contributed by atoms with E-state index in [1.165, 1.54) is 14.2 Å². The highest BCUT2D eigenvalue weighted by molar-refractivity contribution is 6.12. The van der Waals surface area contributed by atoms with Crippen molar-refractivity contribution in [2.24, 2.45) is 0 Å². The molecule has 6 heteroatoms. The summed E-state index contributed by atoms with van der Waals surface area (Å²) in [6, 6.07) is 7.70. The molecule has 0 spiro atoms. The van der Waals surface area contributed by atoms with E-state index in [4.69, 9.17) is 14.2 Å². The second-order valence-electron chi connectivity index (χ2n) is 5.88. The van der Waals surface area contributed by atoms with Crippen LogP contribution in [0.25, 0.3) is 0 Å². The Kier molecular flexibility index (Phi) is 6.53. The Morgan fingerprint density at radius 3 is 2.35 bits per heavy atom. The van der Waals surface area contributed by atoms with Crippen LogP contribution in [0.2, 0.25) is 0 Å². The highest BCUT2D eigenvalue weighted by atomic mass is 16.5. The molecular weight excluding hydrogens is 334 g/mol. The molecule has 1 aliphatic carbocycles. The first-order chi connectivity index (χ1) is 12.5. The van der Waals surface area contributed by atoms with E-state index in [1.54, 1.807) is 7.11 Å². The van der Waals surface area contributed by atoms with E-state index in [1.807, 2.05) is 24.3 Å². The average molecular weight is 359 g/mol. The first kappa shape index (κ1) is 19.7. The van der Waals surface area contributed by atoms with Gasteiger partial charge in [-0.15, -0.1) is 0 Å². The summed E-state index contributed by atoms with van der Waals surface area (Å²) in [7, 11) is 4.36. The third-order valence-corrected chi connectivity index (χ3v) is 4.24. The number of ketones is 1. The number of Topliss-reactive ketones (excluding diaryl/α,β-unsaturated/α-hetero) is 1. The number of hydrogen-bond donors (Lipinski definition) is 1. The van der Waals surface area contributed by atoms with Gasteiger partial charge in [0.1, 0.15) is 5.75 Å². The second-order valence-corrected chi connectivity index (χ2v) is 5.88. The predicted octanol–water partition coefficient (Wildman–Crippen LogP) is 2.12. The van der Waals surface area contributed by atoms with E-state index in [0.717, 1.165) is 30.8 Å². The number of ether oxygens (including phenoxy) is 3. The fourth-order valence-corrected chi connectivity index (χ4v) is 2.72. The monoisotopic (exact) mass is 359 g/mol. The molecule has 26 heavy (non-hydrogen) atoms. The van der Waals surface area contributed by atoms with Gasteiger partial charge in [0.25, 0.3) is 11.4 Å². The molecule has 1 aliphatic rings. The van der Waals surface area contributed by atoms with Crippen molar-refractivity contribution in [1.29, 1.82) is 0 Å². The van der Waals surface area contributed by atoms with Crippen LogP contribution in [-0.2, 0) is 14.3 Å². The zero-order chi connectivity index (χ0) is 19.2. The summed E-state index contributed by atoms with van der Waals surface area (Å²) in [5.41, 5.74) is -0.920. The molecule has 0 fully saturated rings. The summed E-state index contributed by atoms with van der Waals surface area (Å²) >= 11 is 0. The third-order valence-electron chi connectivity index (χ3n) is 4.24. The van der Waals surface area contributed by atoms with Crippen molar-refractivity contribution in [1.82, 2.24) is 0 Å². The summed E-state index contributed by atoms with van der Waals surface area (Å²) in [6.07, 6.45) is 2.06. The van der Waals surface area contributed by atoms with Crippen LogP contribution >= 0.6 is 0 Å². The Balaban J connectivity index is 2.16. The number of anilines is 1. The van der Waals surface area contributed by atoms with Crippen LogP contribution in [0.3, 0.4) is 0 Å². The maximum atomic E-state index is 12.0. The normalized spacial score (nSPS) is 18.6. The second kappa shape index (κ2) is 8.63. The van der Waals surface area contributed by atoms with Crippen LogP contribution in [0.4, 0.5) is 5.69 Å². The standard InChI is InChI=1S/C20H25NO5/c1-5-6-13-21(15-8-10-16(24-2)11-9-15)14-7-12-20(23)18(22)17(25-3)19(20)26-4/h8-11,23H,5-6,13-14H2,1-4H3. The number of carbonyl (C=O) groups is 1. The zero-order valence-corrected chi connectivity index (χ0v) is 15.7. The molecule has 0 heterocycles. The lowest BCUT2D eigenvalue weighted by Gasteiger charge is -2.32. The molecule has 0 saturated heterocycles. The van der Waals surface area contributed by atoms with E-state index >= 15 is 0 Å². The maximum absolute atomic E-state index is 12.0. The van der Waals surface area contributed by atoms with Crippen molar-refractivity contribution in [3.8, 4) is 17.6 Å². The summed E-state index contributed by atoms with van der Waals surface area (Å²) in [5, 5.41) is 10.4. The van der Waals surface area contributed by atoms with Gasteiger partial charge in [-0.25, -0.2) is 0 Å². The highest BCUT2D eigenvalue weighted by Gasteiger charge is 2.55. The van der Waals surface area contributed by atoms with E-state index in [9.17, 15) is 9.90 Å². The van der Waals surface area contributed by atoms with Gasteiger partial charge in [0.05, 0.1) is 27.9 Å². The Bertz CT molecular complexity index is 729. The molecule has 0 aromatic heterocycles. The number of rotatable bonds is 8. The van der Waals surface area contributed by atoms with Crippen molar-refractivity contribution in [2.45, 2.75) is 25.4 Å². The Morgan fingerprint density at radius 1 is 1.12 bits per heavy atom. The van der Waals surface area contributed by atoms with Crippen molar-refractivity contribution in [2.75, 3.05) is 39.3 Å². The maximum Gasteiger partial charge on any atom is 0.254 e. The molecule has 1 N–H and O–H groups in total. The Hall–Kier alpha value is -2.65. The minimum atomic E-state index is -1.92. The smallest absolute Gasteiger partial charge is 0.254 e. The van der Waals surface area contributed by atoms with Gasteiger partial charge in [0.2, 0.25) is 5.76 Å². The largest absolute Gasteiger partial charge is 0.497 e. The van der Waals surface area contributed by atoms with Gasteiger partial charge in [-0.3, -0.25) is 4.79 Å². The van der Waals surface area contributed by atoms with Crippen LogP contribution in [0.5, 0.6) is 5.75 Å². The lowest BCUT2D eigenvalue weighted by molar-refractivity contribution is -0.138. The lowest BCUT2D eigenvalue weighted by atomic mass is 9.83. The van der Waals surface area contributed by atoms with Gasteiger partial charge in [0, 0.05) is 12.2 Å². The molecule has 140 valence electrons. The van der Waals surface area contributed by atoms with E-state index in [2.05, 4.69) is 23.7 Å². The fraction of sp³-hybridized carbons (Fsp3) is 0.450. The zero-order valence-electron chi connectivity index (χ0n) is 15.7. The Morgan fingerprint density at radius 2 is 1.81 bits per heavy atom. The quantitative estimate of drug-likeness (QED) is 0.717. The molecule has 0 radical (unpaired) electrons. The minimum absolute atomic E-state index is 0.0160. The lowest BCUT2D eigenvalue weighted by Crippen LogP contribution is -2.51. The van der Waals surface area contributed by atoms with Crippen LogP contribution in [0, 0.1) is 11.8 Å². The van der Waals surface area contributed by atoms with Gasteiger partial charge in [-0.1, -0.05) is 19.3 Å². The molecule has 1 aromatic carbocycles. The van der Waals surface area contributed by atoms with E-state index < -0.39 is 11.4 Å². The van der Waals surface area contributed by atoms with Gasteiger partial charge in [0.15, 0.2) is 5.76 Å². The summed E-state index contributed by atoms with van der Waals surface area (Å²) in [6.45, 7) is 3.32. The molecular formula is C20H25NO5. The summed E-state index contributed by atoms with van der Waals surface area (Å²) < 4.78 is 15.2. The van der Waals surface area contributed by atoms with Crippen molar-refractivity contribution in [3.63, 3.8) is 0 Å². The van der Waals surface area contributed by atoms with Crippen LogP contribution in [0.1, 0.15) is 19.8 Å². The number of benzene rings is 1. The van der Waals surface area contributed by atoms with Gasteiger partial charge < -0.3 is 24.2 Å². The Labute approximate surface area is 154 Å². The summed E-state index contributed by atoms with van der Waals surface area (Å²) in [4.78, 5) is 14.1. The highest BCUT2D eigenvalue weighted by Crippen LogP contribution is 2.35. The number of unbranched alkanes of at least 4 members (excludes halogenated alkanes) is 1. The molecule has 0 bridgehead atoms. The molecule has 2 rings (SSSR count). The average Bonchev–Trinajstić information content (AvgIpc) is 2.67. The van der Waals surface area contributed by atoms with Crippen molar-refractivity contribution < 1.29 is 24.1 Å². The number of methoxy groups -OCH3 is 3. The van der Waals surface area contributed by atoms with Crippen molar-refractivity contribution in [3.05, 3.63) is 35.8 Å². The van der Waals surface area contributed by atoms with Crippen LogP contribution in [-0.4, -0.2) is 50.9 Å². The first-order valence-electron chi connectivity index (χ1n) is 8.50. The minimum Gasteiger partial charge on any atom is -0.497 e. The SMILES string of the molecule is CCCCN(CC#CC1(O)C(=O)C(OC)=C1OC)c1ccc(OC)cc1. The first-order valence-corrected chi connectivity index (χ1v) is 8.50. The van der Waals surface area contributed by atoms with E-state index in [-0.39, 0.29) is 11.5 Å². The molecule has 0 aliphatic heterocycles. The number of nitrogens with zero attached hydrogens (tertiary/aromatic N) is 1. The number of aliphatic hydroxyl groups is 1. The van der Waals surface area contributed by atoms with Crippen molar-refractivity contribution >= 4 is 11.5 Å². The molecule has 1 atom stereocenters. The molecule has 0 saturated carbocycles. The third kappa shape index (κ3) is 3.78. The number of carbonyl (C=O) groups excluding carboxylic acids is 1. The molecule has 1 aromatic rings. The van der Waals surface area contributed by atoms with Crippen LogP contribution in [0.15, 0.2) is 35.8 Å².